The van der Waals surface area contributed by atoms with Gasteiger partial charge in [0.15, 0.2) is 11.6 Å². The largest absolute Gasteiger partial charge is 0.588 e. The molecule has 3 aromatic rings. The Hall–Kier alpha value is -3.67. The van der Waals surface area contributed by atoms with Gasteiger partial charge in [-0.05, 0) is 47.5 Å². The zero-order chi connectivity index (χ0) is 22.7. The van der Waals surface area contributed by atoms with Gasteiger partial charge >= 0.3 is 0 Å². The molecule has 0 saturated carbocycles. The first-order valence-corrected chi connectivity index (χ1v) is 10.6. The Balaban J connectivity index is 1.59. The third-order valence-electron chi connectivity index (χ3n) is 4.67. The van der Waals surface area contributed by atoms with Crippen molar-refractivity contribution in [2.45, 2.75) is 6.42 Å². The predicted octanol–water partition coefficient (Wildman–Crippen LogP) is 4.28. The molecule has 2 aromatic carbocycles. The molecule has 0 spiro atoms. The molecular weight excluding hydrogens is 434 g/mol. The normalized spacial score (nSPS) is 16.1. The Morgan fingerprint density at radius 2 is 2.00 bits per heavy atom. The van der Waals surface area contributed by atoms with Crippen LogP contribution in [0.3, 0.4) is 0 Å². The molecule has 8 heteroatoms. The van der Waals surface area contributed by atoms with E-state index in [9.17, 15) is 18.1 Å². The zero-order valence-electron chi connectivity index (χ0n) is 16.8. The van der Waals surface area contributed by atoms with Gasteiger partial charge < -0.3 is 9.29 Å². The van der Waals surface area contributed by atoms with Crippen LogP contribution in [-0.4, -0.2) is 22.4 Å². The molecule has 0 radical (unpaired) electrons. The van der Waals surface area contributed by atoms with Gasteiger partial charge in [-0.2, -0.15) is 0 Å². The summed E-state index contributed by atoms with van der Waals surface area (Å²) in [4.78, 5) is 17.0. The van der Waals surface area contributed by atoms with Crippen molar-refractivity contribution in [2.75, 3.05) is 11.8 Å². The van der Waals surface area contributed by atoms with Gasteiger partial charge in [0.25, 0.3) is 0 Å². The number of nitrogens with one attached hydrogen (secondary N) is 1. The number of methoxy groups -OCH3 is 1. The number of carbonyl (C=O) groups is 1. The highest BCUT2D eigenvalue weighted by molar-refractivity contribution is 7.97. The molecule has 1 aliphatic rings. The molecule has 32 heavy (non-hydrogen) atoms. The van der Waals surface area contributed by atoms with Crippen LogP contribution in [0.15, 0.2) is 59.6 Å². The maximum atomic E-state index is 13.5. The van der Waals surface area contributed by atoms with E-state index in [2.05, 4.69) is 21.5 Å². The van der Waals surface area contributed by atoms with Crippen LogP contribution in [0.1, 0.15) is 27.0 Å². The number of ketones is 1. The van der Waals surface area contributed by atoms with E-state index in [-0.39, 0.29) is 10.5 Å². The van der Waals surface area contributed by atoms with Crippen LogP contribution in [0.25, 0.3) is 6.08 Å². The Kier molecular flexibility index (Phi) is 6.21. The maximum Gasteiger partial charge on any atom is 0.245 e. The number of aromatic nitrogens is 1. The summed E-state index contributed by atoms with van der Waals surface area (Å²) in [5, 5.41) is 0. The molecule has 1 aromatic heterocycles. The molecule has 0 fully saturated rings. The minimum Gasteiger partial charge on any atom is -0.588 e. The predicted molar refractivity (Wildman–Crippen MR) is 118 cm³/mol. The summed E-state index contributed by atoms with van der Waals surface area (Å²) < 4.78 is 47.0. The van der Waals surface area contributed by atoms with E-state index in [1.54, 1.807) is 30.5 Å². The van der Waals surface area contributed by atoms with Gasteiger partial charge in [-0.25, -0.2) is 18.5 Å². The number of pyridine rings is 1. The van der Waals surface area contributed by atoms with Crippen molar-refractivity contribution in [3.63, 3.8) is 0 Å². The summed E-state index contributed by atoms with van der Waals surface area (Å²) in [6.07, 6.45) is 3.39. The lowest BCUT2D eigenvalue weighted by atomic mass is 10.0. The smallest absolute Gasteiger partial charge is 0.245 e. The van der Waals surface area contributed by atoms with Gasteiger partial charge in [0.1, 0.15) is 11.4 Å². The number of fused-ring (bicyclic) bond motifs is 1. The number of rotatable bonds is 3. The topological polar surface area (TPSA) is 74.3 Å². The number of halogens is 2. The Bertz CT molecular complexity index is 1300. The first-order valence-electron chi connectivity index (χ1n) is 9.46. The first kappa shape index (κ1) is 21.6. The van der Waals surface area contributed by atoms with Crippen LogP contribution in [-0.2, 0) is 17.8 Å². The van der Waals surface area contributed by atoms with E-state index in [1.165, 1.54) is 19.3 Å². The second-order valence-corrected chi connectivity index (χ2v) is 8.01. The van der Waals surface area contributed by atoms with E-state index in [0.29, 0.717) is 29.1 Å². The van der Waals surface area contributed by atoms with Crippen molar-refractivity contribution < 1.29 is 22.9 Å². The van der Waals surface area contributed by atoms with E-state index in [1.807, 2.05) is 6.07 Å². The molecule has 0 amide bonds. The molecule has 5 nitrogen and oxygen atoms in total. The van der Waals surface area contributed by atoms with E-state index in [4.69, 9.17) is 4.74 Å². The van der Waals surface area contributed by atoms with Crippen LogP contribution in [0.5, 0.6) is 5.88 Å². The number of hydrogen-bond donors (Lipinski definition) is 1. The monoisotopic (exact) mass is 450 g/mol. The van der Waals surface area contributed by atoms with Crippen LogP contribution in [0, 0.1) is 23.5 Å². The van der Waals surface area contributed by atoms with Crippen molar-refractivity contribution in [1.29, 1.82) is 0 Å². The van der Waals surface area contributed by atoms with Gasteiger partial charge in [-0.15, -0.1) is 0 Å². The van der Waals surface area contributed by atoms with Crippen LogP contribution in [0.2, 0.25) is 0 Å². The molecular formula is C24H16F2N2O3S. The molecule has 160 valence electrons. The third kappa shape index (κ3) is 4.64. The number of hydrogen-bond acceptors (Lipinski definition) is 5. The van der Waals surface area contributed by atoms with Crippen LogP contribution in [0.4, 0.5) is 14.5 Å². The number of ether oxygens (including phenoxy) is 1. The number of benzene rings is 2. The summed E-state index contributed by atoms with van der Waals surface area (Å²) in [5.74, 6) is 4.04. The lowest BCUT2D eigenvalue weighted by Gasteiger charge is -2.21. The summed E-state index contributed by atoms with van der Waals surface area (Å²) in [6.45, 7) is 0. The van der Waals surface area contributed by atoms with Gasteiger partial charge in [-0.1, -0.05) is 17.9 Å². The molecule has 4 rings (SSSR count). The molecule has 2 heterocycles. The van der Waals surface area contributed by atoms with Crippen molar-refractivity contribution in [1.82, 2.24) is 4.98 Å². The third-order valence-corrected chi connectivity index (χ3v) is 5.77. The molecule has 1 N–H and O–H groups in total. The number of Topliss-reactive ketones (excluding diaryl/α,β-unsaturated/α-hetero) is 1. The highest BCUT2D eigenvalue weighted by atomic mass is 32.2. The SMILES string of the molecule is COc1cc(CC#Cc2ccc3c(c2)C(=O)/C(=C/c2ccc(F)c(F)c2)[S+]([O-])N3)ccn1. The molecule has 1 aliphatic heterocycles. The Morgan fingerprint density at radius 1 is 1.16 bits per heavy atom. The fourth-order valence-electron chi connectivity index (χ4n) is 3.06. The van der Waals surface area contributed by atoms with Gasteiger partial charge in [-0.3, -0.25) is 4.79 Å². The molecule has 1 atom stereocenters. The highest BCUT2D eigenvalue weighted by Gasteiger charge is 2.33. The molecule has 1 unspecified atom stereocenters. The van der Waals surface area contributed by atoms with Crippen molar-refractivity contribution >= 4 is 28.9 Å². The average molecular weight is 450 g/mol. The van der Waals surface area contributed by atoms with Crippen LogP contribution >= 0.6 is 0 Å². The van der Waals surface area contributed by atoms with Crippen molar-refractivity contribution in [2.24, 2.45) is 0 Å². The fourth-order valence-corrected chi connectivity index (χ4v) is 4.07. The number of anilines is 1. The fraction of sp³-hybridized carbons (Fsp3) is 0.0833. The lowest BCUT2D eigenvalue weighted by molar-refractivity contribution is 0.104. The van der Waals surface area contributed by atoms with E-state index in [0.717, 1.165) is 17.7 Å². The summed E-state index contributed by atoms with van der Waals surface area (Å²) in [5.41, 5.74) is 2.50. The van der Waals surface area contributed by atoms with Gasteiger partial charge in [0, 0.05) is 30.3 Å². The Morgan fingerprint density at radius 3 is 2.78 bits per heavy atom. The van der Waals surface area contributed by atoms with E-state index >= 15 is 0 Å². The lowest BCUT2D eigenvalue weighted by Crippen LogP contribution is -2.27. The molecule has 0 aliphatic carbocycles. The maximum absolute atomic E-state index is 13.5. The average Bonchev–Trinajstić information content (AvgIpc) is 2.79. The van der Waals surface area contributed by atoms with Gasteiger partial charge in [0.2, 0.25) is 16.6 Å². The first-order chi connectivity index (χ1) is 15.4. The quantitative estimate of drug-likeness (QED) is 0.366. The number of allylic oxidation sites excluding steroid dienone is 1. The second-order valence-electron chi connectivity index (χ2n) is 6.83. The highest BCUT2D eigenvalue weighted by Crippen LogP contribution is 2.31. The zero-order valence-corrected chi connectivity index (χ0v) is 17.6. The van der Waals surface area contributed by atoms with E-state index < -0.39 is 28.8 Å². The van der Waals surface area contributed by atoms with Gasteiger partial charge in [0.05, 0.1) is 18.4 Å². The summed E-state index contributed by atoms with van der Waals surface area (Å²) >= 11 is -1.83. The van der Waals surface area contributed by atoms with Crippen molar-refractivity contribution in [3.05, 3.63) is 93.5 Å². The standard InChI is InChI=1S/C24H16F2N2O3S/c1-31-23-14-16(9-10-27-23)4-2-3-15-6-8-21-18(11-15)24(29)22(32(30)28-21)13-17-5-7-19(25)20(26)12-17/h5-14,28H,4H2,1H3/b22-13-. The minimum absolute atomic E-state index is 0.0579. The summed E-state index contributed by atoms with van der Waals surface area (Å²) in [6, 6.07) is 11.8. The number of carbonyl (C=O) groups excluding carboxylic acids is 1. The molecule has 0 bridgehead atoms. The van der Waals surface area contributed by atoms with Crippen molar-refractivity contribution in [3.8, 4) is 17.7 Å². The minimum atomic E-state index is -1.83. The number of nitrogens with zero attached hydrogens (tertiary/aromatic N) is 1. The molecule has 0 saturated heterocycles. The second kappa shape index (κ2) is 9.22. The Labute approximate surface area is 186 Å². The summed E-state index contributed by atoms with van der Waals surface area (Å²) in [7, 11) is 1.54. The van der Waals surface area contributed by atoms with Crippen LogP contribution < -0.4 is 9.46 Å².